The topological polar surface area (TPSA) is 50.7 Å². The molecule has 0 fully saturated rings. The number of aryl methyl sites for hydroxylation is 2. The molecule has 2 aromatic rings. The average molecular weight is 262 g/mol. The van der Waals surface area contributed by atoms with Crippen molar-refractivity contribution in [1.82, 2.24) is 15.2 Å². The fourth-order valence-corrected chi connectivity index (χ4v) is 2.64. The SMILES string of the molecule is Cc1nnc(NC(c2cccs2)C(C)C)nc1C. The van der Waals surface area contributed by atoms with Crippen LogP contribution >= 0.6 is 11.3 Å². The lowest BCUT2D eigenvalue weighted by atomic mass is 10.0. The molecular formula is C13H18N4S. The lowest BCUT2D eigenvalue weighted by Gasteiger charge is -2.21. The Hall–Kier alpha value is -1.49. The number of hydrogen-bond acceptors (Lipinski definition) is 5. The van der Waals surface area contributed by atoms with Crippen LogP contribution < -0.4 is 5.32 Å². The summed E-state index contributed by atoms with van der Waals surface area (Å²) in [7, 11) is 0. The Kier molecular flexibility index (Phi) is 3.91. The Bertz CT molecular complexity index is 508. The van der Waals surface area contributed by atoms with Crippen LogP contribution in [0.4, 0.5) is 5.95 Å². The summed E-state index contributed by atoms with van der Waals surface area (Å²) in [6.45, 7) is 8.24. The molecule has 0 aliphatic rings. The molecule has 96 valence electrons. The number of aromatic nitrogens is 3. The first kappa shape index (κ1) is 13.0. The molecule has 2 aromatic heterocycles. The Morgan fingerprint density at radius 2 is 1.94 bits per heavy atom. The molecule has 2 rings (SSSR count). The molecule has 0 aliphatic carbocycles. The van der Waals surface area contributed by atoms with Gasteiger partial charge in [0, 0.05) is 4.88 Å². The van der Waals surface area contributed by atoms with Crippen molar-refractivity contribution in [2.45, 2.75) is 33.7 Å². The highest BCUT2D eigenvalue weighted by Gasteiger charge is 2.18. The predicted molar refractivity (Wildman–Crippen MR) is 74.8 cm³/mol. The normalized spacial score (nSPS) is 12.7. The molecule has 5 heteroatoms. The molecule has 2 heterocycles. The molecule has 0 aromatic carbocycles. The van der Waals surface area contributed by atoms with E-state index < -0.39 is 0 Å². The van der Waals surface area contributed by atoms with Crippen molar-refractivity contribution in [1.29, 1.82) is 0 Å². The molecule has 4 nitrogen and oxygen atoms in total. The maximum absolute atomic E-state index is 4.42. The van der Waals surface area contributed by atoms with Crippen LogP contribution in [0.2, 0.25) is 0 Å². The third-order valence-electron chi connectivity index (χ3n) is 2.89. The number of thiophene rings is 1. The van der Waals surface area contributed by atoms with Gasteiger partial charge in [0.15, 0.2) is 0 Å². The first-order chi connectivity index (χ1) is 8.58. The van der Waals surface area contributed by atoms with Gasteiger partial charge in [0.25, 0.3) is 0 Å². The zero-order chi connectivity index (χ0) is 13.1. The molecule has 0 aliphatic heterocycles. The van der Waals surface area contributed by atoms with Crippen LogP contribution in [0.5, 0.6) is 0 Å². The minimum Gasteiger partial charge on any atom is -0.345 e. The Labute approximate surface area is 111 Å². The van der Waals surface area contributed by atoms with Gasteiger partial charge in [0.2, 0.25) is 5.95 Å². The largest absolute Gasteiger partial charge is 0.345 e. The van der Waals surface area contributed by atoms with Crippen LogP contribution in [0.1, 0.15) is 36.2 Å². The summed E-state index contributed by atoms with van der Waals surface area (Å²) < 4.78 is 0. The molecule has 1 atom stereocenters. The zero-order valence-electron chi connectivity index (χ0n) is 11.1. The number of nitrogens with zero attached hydrogens (tertiary/aromatic N) is 3. The lowest BCUT2D eigenvalue weighted by molar-refractivity contribution is 0.548. The van der Waals surface area contributed by atoms with Gasteiger partial charge in [-0.15, -0.1) is 16.4 Å². The molecule has 0 spiro atoms. The van der Waals surface area contributed by atoms with E-state index in [-0.39, 0.29) is 6.04 Å². The van der Waals surface area contributed by atoms with Crippen molar-refractivity contribution in [2.24, 2.45) is 5.92 Å². The zero-order valence-corrected chi connectivity index (χ0v) is 12.0. The molecule has 0 saturated heterocycles. The van der Waals surface area contributed by atoms with Gasteiger partial charge >= 0.3 is 0 Å². The van der Waals surface area contributed by atoms with E-state index in [1.54, 1.807) is 11.3 Å². The van der Waals surface area contributed by atoms with Crippen LogP contribution in [0.15, 0.2) is 17.5 Å². The van der Waals surface area contributed by atoms with Crippen LogP contribution in [-0.4, -0.2) is 15.2 Å². The molecule has 0 saturated carbocycles. The Morgan fingerprint density at radius 3 is 2.50 bits per heavy atom. The number of hydrogen-bond donors (Lipinski definition) is 1. The highest BCUT2D eigenvalue weighted by Crippen LogP contribution is 2.28. The van der Waals surface area contributed by atoms with Crippen molar-refractivity contribution in [3.63, 3.8) is 0 Å². The van der Waals surface area contributed by atoms with E-state index in [0.717, 1.165) is 11.4 Å². The smallest absolute Gasteiger partial charge is 0.243 e. The monoisotopic (exact) mass is 262 g/mol. The highest BCUT2D eigenvalue weighted by atomic mass is 32.1. The summed E-state index contributed by atoms with van der Waals surface area (Å²) in [5.41, 5.74) is 1.79. The first-order valence-corrected chi connectivity index (χ1v) is 6.93. The van der Waals surface area contributed by atoms with Crippen molar-refractivity contribution >= 4 is 17.3 Å². The van der Waals surface area contributed by atoms with E-state index in [4.69, 9.17) is 0 Å². The van der Waals surface area contributed by atoms with Crippen molar-refractivity contribution < 1.29 is 0 Å². The summed E-state index contributed by atoms with van der Waals surface area (Å²) in [4.78, 5) is 5.72. The number of nitrogens with one attached hydrogen (secondary N) is 1. The summed E-state index contributed by atoms with van der Waals surface area (Å²) in [6, 6.07) is 4.43. The van der Waals surface area contributed by atoms with Crippen molar-refractivity contribution in [3.05, 3.63) is 33.8 Å². The van der Waals surface area contributed by atoms with E-state index >= 15 is 0 Å². The predicted octanol–water partition coefficient (Wildman–Crippen LogP) is 3.36. The first-order valence-electron chi connectivity index (χ1n) is 6.05. The summed E-state index contributed by atoms with van der Waals surface area (Å²) >= 11 is 1.75. The van der Waals surface area contributed by atoms with Gasteiger partial charge in [0.05, 0.1) is 17.4 Å². The highest BCUT2D eigenvalue weighted by molar-refractivity contribution is 7.10. The standard InChI is InChI=1S/C13H18N4S/c1-8(2)12(11-6-5-7-18-11)15-13-14-9(3)10(4)16-17-13/h5-8,12H,1-4H3,(H,14,15,17). The lowest BCUT2D eigenvalue weighted by Crippen LogP contribution is -2.18. The van der Waals surface area contributed by atoms with E-state index in [0.29, 0.717) is 11.9 Å². The van der Waals surface area contributed by atoms with Gasteiger partial charge in [-0.1, -0.05) is 19.9 Å². The summed E-state index contributed by atoms with van der Waals surface area (Å²) in [6.07, 6.45) is 0. The van der Waals surface area contributed by atoms with Gasteiger partial charge in [-0.25, -0.2) is 4.98 Å². The van der Waals surface area contributed by atoms with Gasteiger partial charge in [-0.05, 0) is 31.2 Å². The molecule has 1 unspecified atom stereocenters. The van der Waals surface area contributed by atoms with Crippen LogP contribution in [0, 0.1) is 19.8 Å². The fourth-order valence-electron chi connectivity index (χ4n) is 1.69. The van der Waals surface area contributed by atoms with E-state index in [1.807, 2.05) is 13.8 Å². The molecule has 0 bridgehead atoms. The van der Waals surface area contributed by atoms with Gasteiger partial charge in [-0.2, -0.15) is 5.10 Å². The quantitative estimate of drug-likeness (QED) is 0.918. The van der Waals surface area contributed by atoms with E-state index in [9.17, 15) is 0 Å². The minimum atomic E-state index is 0.230. The summed E-state index contributed by atoms with van der Waals surface area (Å²) in [5.74, 6) is 1.07. The average Bonchev–Trinajstić information content (AvgIpc) is 2.83. The molecule has 18 heavy (non-hydrogen) atoms. The molecule has 0 amide bonds. The van der Waals surface area contributed by atoms with Gasteiger partial charge < -0.3 is 5.32 Å². The number of rotatable bonds is 4. The van der Waals surface area contributed by atoms with Gasteiger partial charge in [0.1, 0.15) is 0 Å². The van der Waals surface area contributed by atoms with Crippen molar-refractivity contribution in [3.8, 4) is 0 Å². The second-order valence-corrected chi connectivity index (χ2v) is 5.67. The maximum Gasteiger partial charge on any atom is 0.243 e. The second-order valence-electron chi connectivity index (χ2n) is 4.69. The van der Waals surface area contributed by atoms with Crippen LogP contribution in [0.3, 0.4) is 0 Å². The third kappa shape index (κ3) is 2.85. The van der Waals surface area contributed by atoms with E-state index in [2.05, 4.69) is 51.9 Å². The minimum absolute atomic E-state index is 0.230. The van der Waals surface area contributed by atoms with E-state index in [1.165, 1.54) is 4.88 Å². The third-order valence-corrected chi connectivity index (χ3v) is 3.85. The van der Waals surface area contributed by atoms with Crippen LogP contribution in [-0.2, 0) is 0 Å². The number of anilines is 1. The molecular weight excluding hydrogens is 244 g/mol. The maximum atomic E-state index is 4.42. The Balaban J connectivity index is 2.21. The molecule has 1 N–H and O–H groups in total. The van der Waals surface area contributed by atoms with Crippen LogP contribution in [0.25, 0.3) is 0 Å². The second kappa shape index (κ2) is 5.44. The Morgan fingerprint density at radius 1 is 1.17 bits per heavy atom. The van der Waals surface area contributed by atoms with Crippen molar-refractivity contribution in [2.75, 3.05) is 5.32 Å². The van der Waals surface area contributed by atoms with Gasteiger partial charge in [-0.3, -0.25) is 0 Å². The fraction of sp³-hybridized carbons (Fsp3) is 0.462. The molecule has 0 radical (unpaired) electrons. The summed E-state index contributed by atoms with van der Waals surface area (Å²) in [5, 5.41) is 13.7.